The molecule has 0 amide bonds. The normalized spacial score (nSPS) is 52.0. The highest BCUT2D eigenvalue weighted by molar-refractivity contribution is 4.97. The minimum absolute atomic E-state index is 0.479. The summed E-state index contributed by atoms with van der Waals surface area (Å²) in [6.45, 7) is 0.634. The van der Waals surface area contributed by atoms with E-state index in [0.717, 1.165) is 0 Å². The molecule has 270 valence electrons. The number of hydrogen-bond donors (Lipinski definition) is 11. The number of methoxy groups -OCH3 is 1. The first-order valence-electron chi connectivity index (χ1n) is 15.1. The van der Waals surface area contributed by atoms with E-state index >= 15 is 0 Å². The number of aliphatic hydroxyl groups is 11. The Morgan fingerprint density at radius 1 is 0.478 bits per heavy atom. The highest BCUT2D eigenvalue weighted by Crippen LogP contribution is 2.34. The van der Waals surface area contributed by atoms with Crippen LogP contribution in [0.1, 0.15) is 13.8 Å². The van der Waals surface area contributed by atoms with Crippen molar-refractivity contribution in [3.63, 3.8) is 0 Å². The highest BCUT2D eigenvalue weighted by atomic mass is 16.8. The topological polar surface area (TPSA) is 296 Å². The summed E-state index contributed by atoms with van der Waals surface area (Å²) in [5.74, 6) is -0.667. The number of aliphatic hydroxyl groups excluding tert-OH is 11. The van der Waals surface area contributed by atoms with E-state index in [1.165, 1.54) is 14.0 Å². The first-order chi connectivity index (χ1) is 21.8. The molecule has 0 aromatic heterocycles. The largest absolute Gasteiger partial charge is 0.394 e. The molecule has 11 N–H and O–H groups in total. The maximum atomic E-state index is 11.0. The lowest BCUT2D eigenvalue weighted by Gasteiger charge is -2.48. The van der Waals surface area contributed by atoms with Crippen LogP contribution in [0, 0.1) is 5.92 Å². The van der Waals surface area contributed by atoms with Gasteiger partial charge in [0.05, 0.1) is 44.7 Å². The van der Waals surface area contributed by atoms with E-state index in [1.54, 1.807) is 6.92 Å². The van der Waals surface area contributed by atoms with Crippen molar-refractivity contribution in [1.82, 2.24) is 0 Å². The van der Waals surface area contributed by atoms with E-state index in [-0.39, 0.29) is 0 Å². The van der Waals surface area contributed by atoms with Gasteiger partial charge in [-0.3, -0.25) is 0 Å². The minimum atomic E-state index is -1.91. The third kappa shape index (κ3) is 7.68. The van der Waals surface area contributed by atoms with Crippen LogP contribution in [0.15, 0.2) is 0 Å². The molecule has 20 atom stereocenters. The van der Waals surface area contributed by atoms with Crippen molar-refractivity contribution in [3.05, 3.63) is 0 Å². The maximum Gasteiger partial charge on any atom is 0.187 e. The predicted molar refractivity (Wildman–Crippen MR) is 145 cm³/mol. The van der Waals surface area contributed by atoms with Crippen LogP contribution in [0.3, 0.4) is 0 Å². The van der Waals surface area contributed by atoms with Gasteiger partial charge in [-0.2, -0.15) is 0 Å². The number of ether oxygens (including phenoxy) is 8. The summed E-state index contributed by atoms with van der Waals surface area (Å²) in [5.41, 5.74) is 0. The molecule has 4 rings (SSSR count). The molecule has 4 heterocycles. The van der Waals surface area contributed by atoms with Gasteiger partial charge in [-0.15, -0.1) is 0 Å². The minimum Gasteiger partial charge on any atom is -0.394 e. The molecule has 4 saturated heterocycles. The second-order valence-electron chi connectivity index (χ2n) is 12.1. The summed E-state index contributed by atoms with van der Waals surface area (Å²) in [4.78, 5) is 0. The van der Waals surface area contributed by atoms with E-state index in [9.17, 15) is 56.2 Å². The van der Waals surface area contributed by atoms with Gasteiger partial charge in [0.1, 0.15) is 79.4 Å². The third-order valence-electron chi connectivity index (χ3n) is 9.09. The zero-order valence-electron chi connectivity index (χ0n) is 25.6. The average molecular weight is 677 g/mol. The van der Waals surface area contributed by atoms with E-state index in [0.29, 0.717) is 0 Å². The van der Waals surface area contributed by atoms with Crippen LogP contribution in [-0.4, -0.2) is 206 Å². The van der Waals surface area contributed by atoms with Gasteiger partial charge in [0, 0.05) is 13.0 Å². The predicted octanol–water partition coefficient (Wildman–Crippen LogP) is -6.75. The fourth-order valence-electron chi connectivity index (χ4n) is 6.13. The van der Waals surface area contributed by atoms with E-state index in [1.807, 2.05) is 0 Å². The number of hydrogen-bond acceptors (Lipinski definition) is 19. The molecule has 0 aliphatic carbocycles. The monoisotopic (exact) mass is 676 g/mol. The van der Waals surface area contributed by atoms with E-state index in [2.05, 4.69) is 0 Å². The van der Waals surface area contributed by atoms with Gasteiger partial charge in [-0.1, -0.05) is 6.92 Å². The molecule has 19 heteroatoms. The molecular formula is C27H48O19. The molecule has 4 aliphatic rings. The summed E-state index contributed by atoms with van der Waals surface area (Å²) >= 11 is 0. The first-order valence-corrected chi connectivity index (χ1v) is 15.1. The molecule has 4 aliphatic heterocycles. The van der Waals surface area contributed by atoms with Gasteiger partial charge < -0.3 is 94.1 Å². The smallest absolute Gasteiger partial charge is 0.187 e. The zero-order chi connectivity index (χ0) is 34.0. The van der Waals surface area contributed by atoms with Gasteiger partial charge >= 0.3 is 0 Å². The Kier molecular flexibility index (Phi) is 13.5. The Morgan fingerprint density at radius 3 is 1.48 bits per heavy atom. The van der Waals surface area contributed by atoms with Gasteiger partial charge in [-0.25, -0.2) is 0 Å². The SMILES string of the molecule is CO[C@@H]1C(CO)O[C@H](OCC2O[C@H](C)C(O)[C@H](O)[C@@H]2O[C@H]2OC(CO)[C@@H](O[C@H]3OC(CO)[C@@H](C)[C@@H](O)C3O)[C@@H](O)C2O)C(O)[C@@H]1O. The Morgan fingerprint density at radius 2 is 0.913 bits per heavy atom. The van der Waals surface area contributed by atoms with Gasteiger partial charge in [0.2, 0.25) is 0 Å². The van der Waals surface area contributed by atoms with Crippen molar-refractivity contribution in [2.24, 2.45) is 5.92 Å². The van der Waals surface area contributed by atoms with Crippen LogP contribution in [-0.2, 0) is 37.9 Å². The van der Waals surface area contributed by atoms with Gasteiger partial charge in [-0.05, 0) is 6.92 Å². The summed E-state index contributed by atoms with van der Waals surface area (Å²) in [5, 5.41) is 114. The first kappa shape index (κ1) is 38.0. The lowest BCUT2D eigenvalue weighted by Crippen LogP contribution is -2.66. The lowest BCUT2D eigenvalue weighted by molar-refractivity contribution is -0.372. The standard InChI is InChI=1S/C27H48O19/c1-8-10(4-28)42-26(19(36)14(8)31)45-23-12(6-30)44-27(21(38)18(23)35)46-24-13(41-9(2)15(32)16(24)33)7-40-25-20(37)17(34)22(39-3)11(5-29)43-25/h8-38H,4-7H2,1-3H3/t8-,9-,10?,11?,12?,13?,14-,15?,16+,17+,18+,19?,20?,21?,22-,23-,24-,25+,26-,27-/m1/s1. The zero-order valence-corrected chi connectivity index (χ0v) is 25.6. The highest BCUT2D eigenvalue weighted by Gasteiger charge is 2.53. The van der Waals surface area contributed by atoms with Crippen molar-refractivity contribution in [2.75, 3.05) is 33.5 Å². The maximum absolute atomic E-state index is 11.0. The van der Waals surface area contributed by atoms with Crippen molar-refractivity contribution < 1.29 is 94.1 Å². The second-order valence-corrected chi connectivity index (χ2v) is 12.1. The van der Waals surface area contributed by atoms with Crippen LogP contribution >= 0.6 is 0 Å². The molecule has 0 radical (unpaired) electrons. The Labute approximate surface area is 264 Å². The number of rotatable bonds is 11. The van der Waals surface area contributed by atoms with Crippen molar-refractivity contribution in [2.45, 2.75) is 130 Å². The van der Waals surface area contributed by atoms with E-state index < -0.39 is 149 Å². The fraction of sp³-hybridized carbons (Fsp3) is 1.00. The molecule has 0 bridgehead atoms. The third-order valence-corrected chi connectivity index (χ3v) is 9.09. The molecule has 46 heavy (non-hydrogen) atoms. The Balaban J connectivity index is 1.45. The van der Waals surface area contributed by atoms with E-state index in [4.69, 9.17) is 37.9 Å². The average Bonchev–Trinajstić information content (AvgIpc) is 3.05. The summed E-state index contributed by atoms with van der Waals surface area (Å²) in [6, 6.07) is 0. The van der Waals surface area contributed by atoms with Crippen LogP contribution in [0.25, 0.3) is 0 Å². The summed E-state index contributed by atoms with van der Waals surface area (Å²) in [7, 11) is 1.26. The molecule has 0 spiro atoms. The van der Waals surface area contributed by atoms with Gasteiger partial charge in [0.15, 0.2) is 18.9 Å². The van der Waals surface area contributed by atoms with Crippen LogP contribution in [0.2, 0.25) is 0 Å². The Bertz CT molecular complexity index is 927. The molecule has 0 aromatic carbocycles. The van der Waals surface area contributed by atoms with Crippen molar-refractivity contribution >= 4 is 0 Å². The molecule has 0 aromatic rings. The van der Waals surface area contributed by atoms with Crippen molar-refractivity contribution in [3.8, 4) is 0 Å². The fourth-order valence-corrected chi connectivity index (χ4v) is 6.13. The molecular weight excluding hydrogens is 628 g/mol. The quantitative estimate of drug-likeness (QED) is 0.0969. The van der Waals surface area contributed by atoms with Crippen LogP contribution < -0.4 is 0 Å². The lowest BCUT2D eigenvalue weighted by atomic mass is 9.91. The van der Waals surface area contributed by atoms with Crippen LogP contribution in [0.5, 0.6) is 0 Å². The Hall–Kier alpha value is -0.760. The molecule has 19 nitrogen and oxygen atoms in total. The second kappa shape index (κ2) is 16.3. The van der Waals surface area contributed by atoms with Gasteiger partial charge in [0.25, 0.3) is 0 Å². The van der Waals surface area contributed by atoms with Crippen molar-refractivity contribution in [1.29, 1.82) is 0 Å². The molecule has 4 fully saturated rings. The summed E-state index contributed by atoms with van der Waals surface area (Å²) < 4.78 is 44.6. The molecule has 0 saturated carbocycles. The summed E-state index contributed by atoms with van der Waals surface area (Å²) in [6.07, 6.45) is -27.5. The van der Waals surface area contributed by atoms with Crippen LogP contribution in [0.4, 0.5) is 0 Å². The molecule has 8 unspecified atom stereocenters.